The van der Waals surface area contributed by atoms with Crippen molar-refractivity contribution < 1.29 is 4.74 Å². The molecule has 3 aromatic rings. The Bertz CT molecular complexity index is 952. The summed E-state index contributed by atoms with van der Waals surface area (Å²) in [6.07, 6.45) is 2.36. The molecule has 1 heterocycles. The van der Waals surface area contributed by atoms with Crippen molar-refractivity contribution in [1.29, 1.82) is 0 Å². The smallest absolute Gasteiger partial charge is 0.255 e. The van der Waals surface area contributed by atoms with Gasteiger partial charge in [0.1, 0.15) is 11.5 Å². The molecule has 3 rings (SSSR count). The number of hydrogen-bond donors (Lipinski definition) is 2. The summed E-state index contributed by atoms with van der Waals surface area (Å²) in [6, 6.07) is 13.5. The van der Waals surface area contributed by atoms with Crippen molar-refractivity contribution in [3.63, 3.8) is 0 Å². The van der Waals surface area contributed by atoms with E-state index in [9.17, 15) is 4.79 Å². The predicted octanol–water partition coefficient (Wildman–Crippen LogP) is 4.49. The molecule has 5 nitrogen and oxygen atoms in total. The molecule has 0 saturated carbocycles. The van der Waals surface area contributed by atoms with Crippen LogP contribution in [-0.2, 0) is 6.42 Å². The molecule has 0 saturated heterocycles. The molecular weight excluding hydrogens is 350 g/mol. The van der Waals surface area contributed by atoms with E-state index in [4.69, 9.17) is 16.3 Å². The van der Waals surface area contributed by atoms with Gasteiger partial charge in [-0.1, -0.05) is 23.7 Å². The molecule has 2 aromatic carbocycles. The van der Waals surface area contributed by atoms with Gasteiger partial charge in [-0.05, 0) is 61.7 Å². The van der Waals surface area contributed by atoms with Crippen LogP contribution in [0.1, 0.15) is 16.7 Å². The molecule has 134 valence electrons. The highest BCUT2D eigenvalue weighted by atomic mass is 35.5. The fourth-order valence-electron chi connectivity index (χ4n) is 2.41. The molecule has 0 spiro atoms. The van der Waals surface area contributed by atoms with Gasteiger partial charge in [0.15, 0.2) is 0 Å². The summed E-state index contributed by atoms with van der Waals surface area (Å²) in [6.45, 7) is 4.34. The molecule has 0 bridgehead atoms. The Hall–Kier alpha value is -2.79. The Labute approximate surface area is 157 Å². The lowest BCUT2D eigenvalue weighted by Gasteiger charge is -2.09. The van der Waals surface area contributed by atoms with E-state index in [-0.39, 0.29) is 5.56 Å². The van der Waals surface area contributed by atoms with E-state index in [0.29, 0.717) is 18.1 Å². The lowest BCUT2D eigenvalue weighted by Crippen LogP contribution is -2.15. The highest BCUT2D eigenvalue weighted by molar-refractivity contribution is 6.31. The highest BCUT2D eigenvalue weighted by Gasteiger charge is 2.02. The first-order chi connectivity index (χ1) is 12.5. The van der Waals surface area contributed by atoms with E-state index >= 15 is 0 Å². The first-order valence-electron chi connectivity index (χ1n) is 8.34. The SMILES string of the molecule is Cc1cc(Oc2ccc(CCNc3ncc(C)c(=O)[nH]3)cc2)ccc1Cl. The summed E-state index contributed by atoms with van der Waals surface area (Å²) in [5, 5.41) is 3.84. The molecule has 0 amide bonds. The molecule has 26 heavy (non-hydrogen) atoms. The lowest BCUT2D eigenvalue weighted by atomic mass is 10.1. The first-order valence-corrected chi connectivity index (χ1v) is 8.72. The zero-order chi connectivity index (χ0) is 18.5. The van der Waals surface area contributed by atoms with Gasteiger partial charge >= 0.3 is 0 Å². The topological polar surface area (TPSA) is 67.0 Å². The molecule has 6 heteroatoms. The number of benzene rings is 2. The molecule has 0 radical (unpaired) electrons. The van der Waals surface area contributed by atoms with Gasteiger partial charge in [0.05, 0.1) is 0 Å². The first kappa shape index (κ1) is 18.0. The van der Waals surface area contributed by atoms with Gasteiger partial charge in [0, 0.05) is 23.3 Å². The normalized spacial score (nSPS) is 10.6. The van der Waals surface area contributed by atoms with E-state index in [2.05, 4.69) is 15.3 Å². The van der Waals surface area contributed by atoms with E-state index < -0.39 is 0 Å². The van der Waals surface area contributed by atoms with Crippen LogP contribution < -0.4 is 15.6 Å². The van der Waals surface area contributed by atoms with Crippen molar-refractivity contribution in [2.75, 3.05) is 11.9 Å². The number of ether oxygens (including phenoxy) is 1. The Kier molecular flexibility index (Phi) is 5.58. The number of nitrogens with zero attached hydrogens (tertiary/aromatic N) is 1. The van der Waals surface area contributed by atoms with Crippen molar-refractivity contribution in [2.45, 2.75) is 20.3 Å². The van der Waals surface area contributed by atoms with E-state index in [1.54, 1.807) is 13.1 Å². The van der Waals surface area contributed by atoms with Crippen LogP contribution in [0.2, 0.25) is 5.02 Å². The average molecular weight is 370 g/mol. The molecule has 0 atom stereocenters. The monoisotopic (exact) mass is 369 g/mol. The maximum Gasteiger partial charge on any atom is 0.255 e. The second-order valence-electron chi connectivity index (χ2n) is 6.08. The minimum atomic E-state index is -0.124. The number of H-pyrrole nitrogens is 1. The molecule has 0 aliphatic heterocycles. The number of aryl methyl sites for hydroxylation is 2. The minimum Gasteiger partial charge on any atom is -0.457 e. The van der Waals surface area contributed by atoms with Crippen molar-refractivity contribution >= 4 is 17.5 Å². The maximum atomic E-state index is 11.5. The number of aromatic amines is 1. The summed E-state index contributed by atoms with van der Waals surface area (Å²) in [7, 11) is 0. The van der Waals surface area contributed by atoms with Crippen LogP contribution in [0.15, 0.2) is 53.5 Å². The van der Waals surface area contributed by atoms with Crippen molar-refractivity contribution in [3.05, 3.63) is 80.7 Å². The van der Waals surface area contributed by atoms with Gasteiger partial charge in [0.25, 0.3) is 5.56 Å². The lowest BCUT2D eigenvalue weighted by molar-refractivity contribution is 0.482. The average Bonchev–Trinajstić information content (AvgIpc) is 2.63. The third-order valence-corrected chi connectivity index (χ3v) is 4.40. The summed E-state index contributed by atoms with van der Waals surface area (Å²) < 4.78 is 5.84. The second-order valence-corrected chi connectivity index (χ2v) is 6.48. The fraction of sp³-hybridized carbons (Fsp3) is 0.200. The Balaban J connectivity index is 1.54. The van der Waals surface area contributed by atoms with Gasteiger partial charge in [0.2, 0.25) is 5.95 Å². The molecule has 0 fully saturated rings. The number of anilines is 1. The fourth-order valence-corrected chi connectivity index (χ4v) is 2.53. The Morgan fingerprint density at radius 2 is 1.81 bits per heavy atom. The predicted molar refractivity (Wildman–Crippen MR) is 104 cm³/mol. The molecule has 2 N–H and O–H groups in total. The van der Waals surface area contributed by atoms with Crippen molar-refractivity contribution in [2.24, 2.45) is 0 Å². The van der Waals surface area contributed by atoms with Crippen LogP contribution in [0.25, 0.3) is 0 Å². The third kappa shape index (κ3) is 4.64. The quantitative estimate of drug-likeness (QED) is 0.672. The molecule has 0 aliphatic carbocycles. The molecule has 0 aliphatic rings. The molecular formula is C20H20ClN3O2. The highest BCUT2D eigenvalue weighted by Crippen LogP contribution is 2.26. The number of nitrogens with one attached hydrogen (secondary N) is 2. The minimum absolute atomic E-state index is 0.124. The van der Waals surface area contributed by atoms with E-state index in [1.165, 1.54) is 0 Å². The van der Waals surface area contributed by atoms with Crippen LogP contribution in [0.4, 0.5) is 5.95 Å². The maximum absolute atomic E-state index is 11.5. The van der Waals surface area contributed by atoms with Gasteiger partial charge in [-0.25, -0.2) is 4.98 Å². The summed E-state index contributed by atoms with van der Waals surface area (Å²) in [5.41, 5.74) is 2.62. The van der Waals surface area contributed by atoms with Gasteiger partial charge in [-0.15, -0.1) is 0 Å². The summed E-state index contributed by atoms with van der Waals surface area (Å²) in [4.78, 5) is 18.4. The van der Waals surface area contributed by atoms with Crippen molar-refractivity contribution in [1.82, 2.24) is 9.97 Å². The van der Waals surface area contributed by atoms with Crippen LogP contribution in [0.5, 0.6) is 11.5 Å². The van der Waals surface area contributed by atoms with E-state index in [0.717, 1.165) is 34.1 Å². The zero-order valence-corrected chi connectivity index (χ0v) is 15.4. The summed E-state index contributed by atoms with van der Waals surface area (Å²) >= 11 is 6.03. The number of aromatic nitrogens is 2. The largest absolute Gasteiger partial charge is 0.457 e. The van der Waals surface area contributed by atoms with Crippen LogP contribution in [0.3, 0.4) is 0 Å². The number of hydrogen-bond acceptors (Lipinski definition) is 4. The molecule has 0 unspecified atom stereocenters. The van der Waals surface area contributed by atoms with Gasteiger partial charge in [-0.3, -0.25) is 9.78 Å². The Morgan fingerprint density at radius 1 is 1.08 bits per heavy atom. The second kappa shape index (κ2) is 8.06. The van der Waals surface area contributed by atoms with Crippen LogP contribution in [-0.4, -0.2) is 16.5 Å². The zero-order valence-electron chi connectivity index (χ0n) is 14.7. The van der Waals surface area contributed by atoms with Gasteiger partial charge in [-0.2, -0.15) is 0 Å². The number of rotatable bonds is 6. The summed E-state index contributed by atoms with van der Waals surface area (Å²) in [5.74, 6) is 2.02. The standard InChI is InChI=1S/C20H20ClN3O2/c1-13-11-17(7-8-18(13)21)26-16-5-3-15(4-6-16)9-10-22-20-23-12-14(2)19(25)24-20/h3-8,11-12H,9-10H2,1-2H3,(H2,22,23,24,25). The van der Waals surface area contributed by atoms with E-state index in [1.807, 2.05) is 49.4 Å². The number of halogens is 1. The molecule has 1 aromatic heterocycles. The Morgan fingerprint density at radius 3 is 2.50 bits per heavy atom. The van der Waals surface area contributed by atoms with Crippen LogP contribution >= 0.6 is 11.6 Å². The van der Waals surface area contributed by atoms with Crippen LogP contribution in [0, 0.1) is 13.8 Å². The van der Waals surface area contributed by atoms with Gasteiger partial charge < -0.3 is 10.1 Å². The van der Waals surface area contributed by atoms with Crippen molar-refractivity contribution in [3.8, 4) is 11.5 Å². The third-order valence-electron chi connectivity index (χ3n) is 3.97.